The lowest BCUT2D eigenvalue weighted by molar-refractivity contribution is -0.133. The van der Waals surface area contributed by atoms with Crippen molar-refractivity contribution in [3.05, 3.63) is 52.0 Å². The number of fused-ring (bicyclic) bond motifs is 1. The number of hydrogen-bond donors (Lipinski definition) is 1. The Morgan fingerprint density at radius 2 is 1.96 bits per heavy atom. The molecule has 0 atom stereocenters. The lowest BCUT2D eigenvalue weighted by Crippen LogP contribution is -2.41. The lowest BCUT2D eigenvalue weighted by atomic mass is 10.1. The average Bonchev–Trinajstić information content (AvgIpc) is 2.50. The summed E-state index contributed by atoms with van der Waals surface area (Å²) >= 11 is 12.1. The standard InChI is InChI=1S/C17H14Cl2N2O3/c1-10-5-6-13-14(7-10)24-16(23)9-21(13)8-15(22)20-17-11(18)3-2-4-12(17)19/h2-7H,8-9H2,1H3,(H,20,22). The van der Waals surface area contributed by atoms with Gasteiger partial charge in [0.15, 0.2) is 5.75 Å². The van der Waals surface area contributed by atoms with Crippen molar-refractivity contribution in [1.29, 1.82) is 0 Å². The number of carbonyl (C=O) groups excluding carboxylic acids is 2. The number of para-hydroxylation sites is 1. The van der Waals surface area contributed by atoms with Crippen LogP contribution in [0.1, 0.15) is 5.56 Å². The normalized spacial score (nSPS) is 13.3. The van der Waals surface area contributed by atoms with Crippen molar-refractivity contribution in [3.63, 3.8) is 0 Å². The highest BCUT2D eigenvalue weighted by molar-refractivity contribution is 6.39. The zero-order valence-corrected chi connectivity index (χ0v) is 14.3. The molecule has 1 aliphatic rings. The van der Waals surface area contributed by atoms with Crippen molar-refractivity contribution in [1.82, 2.24) is 0 Å². The molecule has 0 bridgehead atoms. The summed E-state index contributed by atoms with van der Waals surface area (Å²) in [5, 5.41) is 3.39. The molecule has 5 nitrogen and oxygen atoms in total. The van der Waals surface area contributed by atoms with Crippen LogP contribution in [0.2, 0.25) is 10.0 Å². The fourth-order valence-corrected chi connectivity index (χ4v) is 2.96. The summed E-state index contributed by atoms with van der Waals surface area (Å²) in [6, 6.07) is 10.5. The van der Waals surface area contributed by atoms with E-state index in [-0.39, 0.29) is 19.0 Å². The molecule has 0 aliphatic carbocycles. The minimum absolute atomic E-state index is 0.000263. The molecule has 3 rings (SSSR count). The van der Waals surface area contributed by atoms with Crippen LogP contribution >= 0.6 is 23.2 Å². The smallest absolute Gasteiger partial charge is 0.331 e. The van der Waals surface area contributed by atoms with Crippen molar-refractivity contribution in [2.45, 2.75) is 6.92 Å². The predicted octanol–water partition coefficient (Wildman–Crippen LogP) is 3.67. The monoisotopic (exact) mass is 364 g/mol. The molecular formula is C17H14Cl2N2O3. The predicted molar refractivity (Wildman–Crippen MR) is 94.1 cm³/mol. The molecule has 124 valence electrons. The number of carbonyl (C=O) groups is 2. The Hall–Kier alpha value is -2.24. The van der Waals surface area contributed by atoms with Gasteiger partial charge < -0.3 is 15.0 Å². The van der Waals surface area contributed by atoms with Crippen molar-refractivity contribution in [2.75, 3.05) is 23.3 Å². The van der Waals surface area contributed by atoms with Crippen LogP contribution in [0.5, 0.6) is 5.75 Å². The Labute approximate surface area is 149 Å². The fraction of sp³-hybridized carbons (Fsp3) is 0.176. The van der Waals surface area contributed by atoms with E-state index < -0.39 is 5.97 Å². The second kappa shape index (κ2) is 6.71. The van der Waals surface area contributed by atoms with Crippen molar-refractivity contribution >= 4 is 46.5 Å². The number of halogens is 2. The maximum Gasteiger partial charge on any atom is 0.331 e. The Kier molecular flexibility index (Phi) is 4.64. The SMILES string of the molecule is Cc1ccc2c(c1)OC(=O)CN2CC(=O)Nc1c(Cl)cccc1Cl. The first-order chi connectivity index (χ1) is 11.4. The first-order valence-corrected chi connectivity index (χ1v) is 8.00. The van der Waals surface area contributed by atoms with Crippen LogP contribution < -0.4 is 15.0 Å². The van der Waals surface area contributed by atoms with Crippen LogP contribution in [0, 0.1) is 6.92 Å². The van der Waals surface area contributed by atoms with Gasteiger partial charge in [-0.1, -0.05) is 35.3 Å². The highest BCUT2D eigenvalue weighted by Gasteiger charge is 2.26. The van der Waals surface area contributed by atoms with Crippen LogP contribution in [0.25, 0.3) is 0 Å². The number of anilines is 2. The van der Waals surface area contributed by atoms with E-state index >= 15 is 0 Å². The van der Waals surface area contributed by atoms with E-state index in [0.717, 1.165) is 5.56 Å². The summed E-state index contributed by atoms with van der Waals surface area (Å²) in [5.41, 5.74) is 2.02. The first-order valence-electron chi connectivity index (χ1n) is 7.24. The molecule has 2 aromatic carbocycles. The summed E-state index contributed by atoms with van der Waals surface area (Å²) in [7, 11) is 0. The Morgan fingerprint density at radius 3 is 2.67 bits per heavy atom. The van der Waals surface area contributed by atoms with Gasteiger partial charge in [-0.2, -0.15) is 0 Å². The van der Waals surface area contributed by atoms with E-state index in [2.05, 4.69) is 5.32 Å². The summed E-state index contributed by atoms with van der Waals surface area (Å²) in [4.78, 5) is 25.8. The summed E-state index contributed by atoms with van der Waals surface area (Å²) in [6.45, 7) is 1.88. The van der Waals surface area contributed by atoms with Crippen molar-refractivity contribution < 1.29 is 14.3 Å². The van der Waals surface area contributed by atoms with Gasteiger partial charge in [-0.25, -0.2) is 4.79 Å². The maximum atomic E-state index is 12.3. The van der Waals surface area contributed by atoms with E-state index in [1.165, 1.54) is 0 Å². The second-order valence-corrected chi connectivity index (χ2v) is 6.26. The minimum Gasteiger partial charge on any atom is -0.423 e. The molecule has 1 aliphatic heterocycles. The number of nitrogens with zero attached hydrogens (tertiary/aromatic N) is 1. The minimum atomic E-state index is -0.406. The molecule has 0 aromatic heterocycles. The molecule has 0 saturated carbocycles. The van der Waals surface area contributed by atoms with Gasteiger partial charge in [0.2, 0.25) is 5.91 Å². The van der Waals surface area contributed by atoms with Gasteiger partial charge in [-0.15, -0.1) is 0 Å². The van der Waals surface area contributed by atoms with Crippen LogP contribution in [0.3, 0.4) is 0 Å². The fourth-order valence-electron chi connectivity index (χ4n) is 2.47. The van der Waals surface area contributed by atoms with Gasteiger partial charge >= 0.3 is 5.97 Å². The molecule has 0 saturated heterocycles. The molecule has 1 heterocycles. The molecule has 7 heteroatoms. The highest BCUT2D eigenvalue weighted by Crippen LogP contribution is 2.33. The van der Waals surface area contributed by atoms with Crippen LogP contribution in [0.15, 0.2) is 36.4 Å². The molecule has 1 amide bonds. The number of esters is 1. The number of rotatable bonds is 3. The van der Waals surface area contributed by atoms with Gasteiger partial charge in [0.25, 0.3) is 0 Å². The van der Waals surface area contributed by atoms with E-state index in [1.807, 2.05) is 19.1 Å². The zero-order chi connectivity index (χ0) is 17.3. The van der Waals surface area contributed by atoms with Gasteiger partial charge in [0, 0.05) is 0 Å². The van der Waals surface area contributed by atoms with Gasteiger partial charge in [0.1, 0.15) is 6.54 Å². The number of hydrogen-bond acceptors (Lipinski definition) is 4. The van der Waals surface area contributed by atoms with E-state index in [4.69, 9.17) is 27.9 Å². The van der Waals surface area contributed by atoms with Gasteiger partial charge in [-0.05, 0) is 36.8 Å². The van der Waals surface area contributed by atoms with E-state index in [1.54, 1.807) is 29.2 Å². The Balaban J connectivity index is 1.79. The quantitative estimate of drug-likeness (QED) is 0.666. The average molecular weight is 365 g/mol. The maximum absolute atomic E-state index is 12.3. The topological polar surface area (TPSA) is 58.6 Å². The molecule has 1 N–H and O–H groups in total. The number of nitrogens with one attached hydrogen (secondary N) is 1. The molecule has 0 radical (unpaired) electrons. The molecular weight excluding hydrogens is 351 g/mol. The van der Waals surface area contributed by atoms with Crippen molar-refractivity contribution in [2.24, 2.45) is 0 Å². The van der Waals surface area contributed by atoms with E-state index in [0.29, 0.717) is 27.2 Å². The van der Waals surface area contributed by atoms with Gasteiger partial charge in [-0.3, -0.25) is 4.79 Å². The third-order valence-corrected chi connectivity index (χ3v) is 4.19. The van der Waals surface area contributed by atoms with Crippen LogP contribution in [0.4, 0.5) is 11.4 Å². The third kappa shape index (κ3) is 3.47. The second-order valence-electron chi connectivity index (χ2n) is 5.45. The van der Waals surface area contributed by atoms with E-state index in [9.17, 15) is 9.59 Å². The highest BCUT2D eigenvalue weighted by atomic mass is 35.5. The lowest BCUT2D eigenvalue weighted by Gasteiger charge is -2.29. The van der Waals surface area contributed by atoms with Gasteiger partial charge in [0.05, 0.1) is 28.0 Å². The molecule has 0 unspecified atom stereocenters. The largest absolute Gasteiger partial charge is 0.423 e. The number of aryl methyl sites for hydroxylation is 1. The van der Waals surface area contributed by atoms with Crippen molar-refractivity contribution in [3.8, 4) is 5.75 Å². The number of benzene rings is 2. The molecule has 24 heavy (non-hydrogen) atoms. The Bertz CT molecular complexity index is 803. The van der Waals surface area contributed by atoms with Crippen LogP contribution in [-0.2, 0) is 9.59 Å². The molecule has 0 spiro atoms. The molecule has 0 fully saturated rings. The number of ether oxygens (including phenoxy) is 1. The number of amides is 1. The first kappa shape index (κ1) is 16.6. The van der Waals surface area contributed by atoms with Crippen LogP contribution in [-0.4, -0.2) is 25.0 Å². The third-order valence-electron chi connectivity index (χ3n) is 3.56. The zero-order valence-electron chi connectivity index (χ0n) is 12.8. The Morgan fingerprint density at radius 1 is 1.25 bits per heavy atom. The summed E-state index contributed by atoms with van der Waals surface area (Å²) < 4.78 is 5.23. The summed E-state index contributed by atoms with van der Waals surface area (Å²) in [6.07, 6.45) is 0. The summed E-state index contributed by atoms with van der Waals surface area (Å²) in [5.74, 6) is -0.280. The molecule has 2 aromatic rings.